The second kappa shape index (κ2) is 15.9. The van der Waals surface area contributed by atoms with Gasteiger partial charge in [-0.05, 0) is 70.3 Å². The number of imidazole rings is 1. The number of amides is 3. The monoisotopic (exact) mass is 765 g/mol. The number of carbonyl (C=O) groups is 3. The Hall–Kier alpha value is -4.86. The summed E-state index contributed by atoms with van der Waals surface area (Å²) in [6, 6.07) is 7.73. The lowest BCUT2D eigenvalue weighted by Gasteiger charge is -2.53. The molecule has 2 aliphatic heterocycles. The molecule has 4 aromatic rings. The number of piperidine rings is 1. The fourth-order valence-electron chi connectivity index (χ4n) is 7.88. The SMILES string of the molecule is COc1cc(NC(=O)c2cnn(C3CCNCC3)c2C)ccc1CNC(=O)c1ncc2n1CCN(Cc1c(F)cc(C(=O)N(C)C)cc1F)C21CCC1.Cl. The fourth-order valence-corrected chi connectivity index (χ4v) is 7.88. The highest BCUT2D eigenvalue weighted by molar-refractivity contribution is 6.05. The molecule has 3 amide bonds. The lowest BCUT2D eigenvalue weighted by atomic mass is 9.72. The highest BCUT2D eigenvalue weighted by Gasteiger charge is 2.49. The van der Waals surface area contributed by atoms with Crippen molar-refractivity contribution in [2.24, 2.45) is 0 Å². The summed E-state index contributed by atoms with van der Waals surface area (Å²) in [5.74, 6) is -1.86. The van der Waals surface area contributed by atoms with Crippen LogP contribution in [0.1, 0.15) is 92.0 Å². The first-order valence-electron chi connectivity index (χ1n) is 18.0. The molecule has 1 spiro atoms. The quantitative estimate of drug-likeness (QED) is 0.210. The van der Waals surface area contributed by atoms with Crippen molar-refractivity contribution >= 4 is 35.8 Å². The Bertz CT molecular complexity index is 2030. The third kappa shape index (κ3) is 7.19. The largest absolute Gasteiger partial charge is 0.496 e. The Morgan fingerprint density at radius 2 is 1.76 bits per heavy atom. The third-order valence-corrected chi connectivity index (χ3v) is 11.0. The molecule has 2 aromatic heterocycles. The zero-order chi connectivity index (χ0) is 37.4. The number of ether oxygens (including phenoxy) is 1. The molecule has 7 rings (SSSR count). The number of aromatic nitrogens is 4. The van der Waals surface area contributed by atoms with E-state index in [0.29, 0.717) is 35.7 Å². The molecule has 1 saturated heterocycles. The van der Waals surface area contributed by atoms with Gasteiger partial charge in [0.15, 0.2) is 5.82 Å². The first kappa shape index (κ1) is 38.9. The average molecular weight is 766 g/mol. The Balaban J connectivity index is 0.00000497. The molecule has 0 bridgehead atoms. The molecule has 1 aliphatic carbocycles. The second-order valence-electron chi connectivity index (χ2n) is 14.3. The minimum Gasteiger partial charge on any atom is -0.496 e. The molecular formula is C38H46ClF2N9O4. The van der Waals surface area contributed by atoms with Gasteiger partial charge in [-0.2, -0.15) is 5.10 Å². The van der Waals surface area contributed by atoms with Crippen LogP contribution in [-0.2, 0) is 25.2 Å². The van der Waals surface area contributed by atoms with E-state index in [2.05, 4.69) is 30.9 Å². The molecule has 4 heterocycles. The Labute approximate surface area is 318 Å². The molecule has 0 unspecified atom stereocenters. The van der Waals surface area contributed by atoms with Crippen LogP contribution in [0.3, 0.4) is 0 Å². The first-order valence-corrected chi connectivity index (χ1v) is 18.0. The minimum atomic E-state index is -0.759. The van der Waals surface area contributed by atoms with E-state index in [-0.39, 0.29) is 60.3 Å². The van der Waals surface area contributed by atoms with Crippen molar-refractivity contribution in [1.82, 2.24) is 39.8 Å². The number of carbonyl (C=O) groups excluding carboxylic acids is 3. The van der Waals surface area contributed by atoms with Gasteiger partial charge in [0.1, 0.15) is 17.4 Å². The van der Waals surface area contributed by atoms with Gasteiger partial charge in [0.2, 0.25) is 0 Å². The minimum absolute atomic E-state index is 0. The van der Waals surface area contributed by atoms with Crippen LogP contribution in [0.2, 0.25) is 0 Å². The summed E-state index contributed by atoms with van der Waals surface area (Å²) in [7, 11) is 4.59. The number of nitrogens with zero attached hydrogens (tertiary/aromatic N) is 6. The Morgan fingerprint density at radius 1 is 1.04 bits per heavy atom. The van der Waals surface area contributed by atoms with Crippen LogP contribution in [-0.4, -0.2) is 87.7 Å². The number of nitrogens with one attached hydrogen (secondary N) is 3. The smallest absolute Gasteiger partial charge is 0.287 e. The molecule has 2 fully saturated rings. The molecule has 0 radical (unpaired) electrons. The van der Waals surface area contributed by atoms with Crippen molar-refractivity contribution in [2.45, 2.75) is 70.2 Å². The highest BCUT2D eigenvalue weighted by atomic mass is 35.5. The number of anilines is 1. The number of fused-ring (bicyclic) bond motifs is 2. The summed E-state index contributed by atoms with van der Waals surface area (Å²) >= 11 is 0. The normalized spacial score (nSPS) is 16.6. The van der Waals surface area contributed by atoms with Crippen LogP contribution >= 0.6 is 12.4 Å². The summed E-state index contributed by atoms with van der Waals surface area (Å²) in [5, 5.41) is 13.8. The van der Waals surface area contributed by atoms with E-state index in [1.807, 2.05) is 16.2 Å². The Morgan fingerprint density at radius 3 is 2.41 bits per heavy atom. The summed E-state index contributed by atoms with van der Waals surface area (Å²) < 4.78 is 39.9. The van der Waals surface area contributed by atoms with Gasteiger partial charge < -0.3 is 30.2 Å². The first-order chi connectivity index (χ1) is 25.5. The van der Waals surface area contributed by atoms with Gasteiger partial charge in [-0.1, -0.05) is 6.07 Å². The predicted molar refractivity (Wildman–Crippen MR) is 200 cm³/mol. The molecule has 0 atom stereocenters. The summed E-state index contributed by atoms with van der Waals surface area (Å²) in [4.78, 5) is 46.9. The number of hydrogen-bond acceptors (Lipinski definition) is 8. The molecule has 13 nitrogen and oxygen atoms in total. The molecule has 1 saturated carbocycles. The van der Waals surface area contributed by atoms with Crippen molar-refractivity contribution in [3.05, 3.63) is 93.8 Å². The van der Waals surface area contributed by atoms with E-state index >= 15 is 8.78 Å². The zero-order valence-electron chi connectivity index (χ0n) is 30.9. The topological polar surface area (TPSA) is 139 Å². The number of benzene rings is 2. The van der Waals surface area contributed by atoms with E-state index in [0.717, 1.165) is 68.7 Å². The van der Waals surface area contributed by atoms with Gasteiger partial charge in [-0.3, -0.25) is 24.0 Å². The van der Waals surface area contributed by atoms with Gasteiger partial charge >= 0.3 is 0 Å². The summed E-state index contributed by atoms with van der Waals surface area (Å²) in [6.45, 7) is 4.81. The van der Waals surface area contributed by atoms with Crippen molar-refractivity contribution < 1.29 is 27.9 Å². The van der Waals surface area contributed by atoms with E-state index in [9.17, 15) is 14.4 Å². The number of methoxy groups -OCH3 is 1. The van der Waals surface area contributed by atoms with Crippen molar-refractivity contribution in [3.63, 3.8) is 0 Å². The number of halogens is 3. The van der Waals surface area contributed by atoms with Gasteiger partial charge in [0, 0.05) is 74.4 Å². The van der Waals surface area contributed by atoms with Gasteiger partial charge in [-0.15, -0.1) is 12.4 Å². The molecule has 54 heavy (non-hydrogen) atoms. The predicted octanol–water partition coefficient (Wildman–Crippen LogP) is 4.80. The highest BCUT2D eigenvalue weighted by Crippen LogP contribution is 2.49. The molecule has 2 aromatic carbocycles. The molecule has 3 aliphatic rings. The lowest BCUT2D eigenvalue weighted by molar-refractivity contribution is -0.0229. The van der Waals surface area contributed by atoms with E-state index in [1.165, 1.54) is 26.1 Å². The van der Waals surface area contributed by atoms with Crippen molar-refractivity contribution in [1.29, 1.82) is 0 Å². The summed E-state index contributed by atoms with van der Waals surface area (Å²) in [5.41, 5.74) is 2.81. The fraction of sp³-hybridized carbons (Fsp3) is 0.447. The third-order valence-electron chi connectivity index (χ3n) is 11.0. The maximum Gasteiger partial charge on any atom is 0.287 e. The maximum atomic E-state index is 15.2. The zero-order valence-corrected chi connectivity index (χ0v) is 31.7. The Kier molecular flexibility index (Phi) is 11.4. The maximum absolute atomic E-state index is 15.2. The van der Waals surface area contributed by atoms with Crippen LogP contribution in [0.25, 0.3) is 0 Å². The van der Waals surface area contributed by atoms with E-state index in [4.69, 9.17) is 4.74 Å². The van der Waals surface area contributed by atoms with Gasteiger partial charge in [0.25, 0.3) is 17.7 Å². The second-order valence-corrected chi connectivity index (χ2v) is 14.3. The lowest BCUT2D eigenvalue weighted by Crippen LogP contribution is -2.56. The standard InChI is InChI=1S/C38H45F2N9O4.ClH/c1-23-28(20-44-49(23)27-8-12-41-13-9-27)35(50)45-26-7-6-24(32(18-26)53-4)19-43-36(51)34-42-21-33-38(10-5-11-38)47(14-15-48(33)34)22-29-30(39)16-25(17-31(29)40)37(52)46(2)3;/h6-7,16-18,20-21,27,41H,5,8-15,19,22H2,1-4H3,(H,43,51)(H,45,50);1H. The van der Waals surface area contributed by atoms with Crippen LogP contribution in [0.4, 0.5) is 14.5 Å². The van der Waals surface area contributed by atoms with Crippen LogP contribution in [0.15, 0.2) is 42.7 Å². The van der Waals surface area contributed by atoms with Gasteiger partial charge in [0.05, 0.1) is 42.3 Å². The molecule has 3 N–H and O–H groups in total. The molecular weight excluding hydrogens is 720 g/mol. The van der Waals surface area contributed by atoms with E-state index in [1.54, 1.807) is 30.6 Å². The van der Waals surface area contributed by atoms with Gasteiger partial charge in [-0.25, -0.2) is 13.8 Å². The van der Waals surface area contributed by atoms with E-state index < -0.39 is 23.1 Å². The molecule has 288 valence electrons. The van der Waals surface area contributed by atoms with Crippen LogP contribution in [0, 0.1) is 18.6 Å². The van der Waals surface area contributed by atoms with Crippen molar-refractivity contribution in [3.8, 4) is 5.75 Å². The average Bonchev–Trinajstić information content (AvgIpc) is 3.75. The van der Waals surface area contributed by atoms with Crippen LogP contribution < -0.4 is 20.7 Å². The molecule has 16 heteroatoms. The number of hydrogen-bond donors (Lipinski definition) is 3. The number of rotatable bonds is 10. The van der Waals surface area contributed by atoms with Crippen molar-refractivity contribution in [2.75, 3.05) is 46.2 Å². The van der Waals surface area contributed by atoms with Crippen LogP contribution in [0.5, 0.6) is 5.75 Å². The summed E-state index contributed by atoms with van der Waals surface area (Å²) in [6.07, 6.45) is 7.70.